The largest absolute Gasteiger partial charge is 0.368 e. The Morgan fingerprint density at radius 1 is 1.32 bits per heavy atom. The van der Waals surface area contributed by atoms with E-state index in [4.69, 9.17) is 11.1 Å². The van der Waals surface area contributed by atoms with Crippen LogP contribution in [0.1, 0.15) is 12.5 Å². The molecular weight excluding hydrogens is 298 g/mol. The molecule has 0 fully saturated rings. The SMILES string of the molecule is C=CC(/C=C\C=C(/C)c1ccc(S(C)(=O)=O)cc1)=N\C(=N)N. The summed E-state index contributed by atoms with van der Waals surface area (Å²) >= 11 is 0. The zero-order chi connectivity index (χ0) is 16.8. The lowest BCUT2D eigenvalue weighted by molar-refractivity contribution is 0.602. The minimum Gasteiger partial charge on any atom is -0.368 e. The van der Waals surface area contributed by atoms with Crippen molar-refractivity contribution in [3.63, 3.8) is 0 Å². The highest BCUT2D eigenvalue weighted by molar-refractivity contribution is 7.90. The van der Waals surface area contributed by atoms with E-state index in [0.717, 1.165) is 11.1 Å². The van der Waals surface area contributed by atoms with Gasteiger partial charge in [-0.2, -0.15) is 0 Å². The number of nitrogens with two attached hydrogens (primary N) is 1. The van der Waals surface area contributed by atoms with Crippen molar-refractivity contribution >= 4 is 27.1 Å². The molecule has 0 aliphatic heterocycles. The predicted octanol–water partition coefficient (Wildman–Crippen LogP) is 2.57. The fraction of sp³-hybridized carbons (Fsp3) is 0.125. The highest BCUT2D eigenvalue weighted by Gasteiger charge is 2.06. The third-order valence-corrected chi connectivity index (χ3v) is 3.94. The Hall–Kier alpha value is -2.47. The maximum atomic E-state index is 11.4. The predicted molar refractivity (Wildman–Crippen MR) is 91.9 cm³/mol. The van der Waals surface area contributed by atoms with Crippen LogP contribution in [0, 0.1) is 5.41 Å². The van der Waals surface area contributed by atoms with Gasteiger partial charge in [0.15, 0.2) is 9.84 Å². The van der Waals surface area contributed by atoms with Crippen LogP contribution in [0.3, 0.4) is 0 Å². The lowest BCUT2D eigenvalue weighted by Crippen LogP contribution is -2.07. The van der Waals surface area contributed by atoms with E-state index < -0.39 is 9.84 Å². The summed E-state index contributed by atoms with van der Waals surface area (Å²) in [6.45, 7) is 5.50. The number of rotatable bonds is 5. The normalized spacial score (nSPS) is 13.4. The minimum atomic E-state index is -3.18. The van der Waals surface area contributed by atoms with Gasteiger partial charge in [0, 0.05) is 6.26 Å². The fourth-order valence-electron chi connectivity index (χ4n) is 1.64. The standard InChI is InChI=1S/C16H19N3O2S/c1-4-14(19-16(17)18)7-5-6-12(2)13-8-10-15(11-9-13)22(3,20)21/h4-11H,1H2,2-3H3,(H3,17,18)/b7-5-,12-6+,19-14+. The van der Waals surface area contributed by atoms with E-state index in [1.165, 1.54) is 12.3 Å². The second kappa shape index (κ2) is 7.51. The Morgan fingerprint density at radius 2 is 1.91 bits per heavy atom. The van der Waals surface area contributed by atoms with Crippen LogP contribution in [-0.4, -0.2) is 26.3 Å². The summed E-state index contributed by atoms with van der Waals surface area (Å²) in [4.78, 5) is 4.07. The molecule has 0 spiro atoms. The molecule has 116 valence electrons. The number of sulfone groups is 1. The van der Waals surface area contributed by atoms with E-state index in [1.54, 1.807) is 36.4 Å². The first kappa shape index (κ1) is 17.6. The number of benzene rings is 1. The van der Waals surface area contributed by atoms with Gasteiger partial charge in [0.05, 0.1) is 10.6 Å². The van der Waals surface area contributed by atoms with Gasteiger partial charge in [0.25, 0.3) is 0 Å². The van der Waals surface area contributed by atoms with Crippen molar-refractivity contribution in [3.8, 4) is 0 Å². The lowest BCUT2D eigenvalue weighted by Gasteiger charge is -2.02. The third kappa shape index (κ3) is 5.49. The molecule has 1 aromatic carbocycles. The molecule has 0 heterocycles. The van der Waals surface area contributed by atoms with Crippen molar-refractivity contribution in [2.75, 3.05) is 6.26 Å². The molecule has 0 aliphatic rings. The number of hydrogen-bond donors (Lipinski definition) is 2. The van der Waals surface area contributed by atoms with Gasteiger partial charge in [0.1, 0.15) is 0 Å². The van der Waals surface area contributed by atoms with Crippen LogP contribution < -0.4 is 5.73 Å². The van der Waals surface area contributed by atoms with Crippen molar-refractivity contribution in [3.05, 3.63) is 60.7 Å². The molecule has 6 heteroatoms. The Kier molecular flexibility index (Phi) is 6.00. The first-order valence-corrected chi connectivity index (χ1v) is 8.34. The Morgan fingerprint density at radius 3 is 2.36 bits per heavy atom. The maximum absolute atomic E-state index is 11.4. The van der Waals surface area contributed by atoms with Crippen LogP contribution in [0.4, 0.5) is 0 Å². The molecule has 0 saturated heterocycles. The molecule has 0 aromatic heterocycles. The van der Waals surface area contributed by atoms with Crippen molar-refractivity contribution in [2.24, 2.45) is 10.7 Å². The number of nitrogens with zero attached hydrogens (tertiary/aromatic N) is 1. The molecule has 0 bridgehead atoms. The van der Waals surface area contributed by atoms with E-state index in [0.29, 0.717) is 10.6 Å². The van der Waals surface area contributed by atoms with Gasteiger partial charge in [-0.1, -0.05) is 30.9 Å². The van der Waals surface area contributed by atoms with Crippen LogP contribution in [0.5, 0.6) is 0 Å². The van der Waals surface area contributed by atoms with Crippen LogP contribution >= 0.6 is 0 Å². The molecule has 1 rings (SSSR count). The summed E-state index contributed by atoms with van der Waals surface area (Å²) in [6.07, 6.45) is 7.99. The van der Waals surface area contributed by atoms with Crippen molar-refractivity contribution in [1.29, 1.82) is 5.41 Å². The summed E-state index contributed by atoms with van der Waals surface area (Å²) < 4.78 is 22.8. The maximum Gasteiger partial charge on any atom is 0.212 e. The van der Waals surface area contributed by atoms with Gasteiger partial charge in [-0.3, -0.25) is 5.41 Å². The fourth-order valence-corrected chi connectivity index (χ4v) is 2.27. The zero-order valence-electron chi connectivity index (χ0n) is 12.6. The smallest absolute Gasteiger partial charge is 0.212 e. The summed E-state index contributed by atoms with van der Waals surface area (Å²) in [5.41, 5.74) is 7.56. The van der Waals surface area contributed by atoms with Crippen molar-refractivity contribution in [1.82, 2.24) is 0 Å². The van der Waals surface area contributed by atoms with Crippen LogP contribution in [-0.2, 0) is 9.84 Å². The molecular formula is C16H19N3O2S. The second-order valence-corrected chi connectivity index (χ2v) is 6.65. The van der Waals surface area contributed by atoms with Crippen LogP contribution in [0.15, 0.2) is 65.0 Å². The van der Waals surface area contributed by atoms with E-state index in [2.05, 4.69) is 11.6 Å². The topological polar surface area (TPSA) is 96.4 Å². The molecule has 0 amide bonds. The number of hydrogen-bond acceptors (Lipinski definition) is 3. The zero-order valence-corrected chi connectivity index (χ0v) is 13.4. The van der Waals surface area contributed by atoms with Gasteiger partial charge in [0.2, 0.25) is 5.96 Å². The molecule has 0 radical (unpaired) electrons. The first-order chi connectivity index (χ1) is 10.2. The monoisotopic (exact) mass is 317 g/mol. The molecule has 0 unspecified atom stereocenters. The van der Waals surface area contributed by atoms with Crippen molar-refractivity contribution < 1.29 is 8.42 Å². The molecule has 22 heavy (non-hydrogen) atoms. The summed E-state index contributed by atoms with van der Waals surface area (Å²) in [7, 11) is -3.18. The first-order valence-electron chi connectivity index (χ1n) is 6.44. The second-order valence-electron chi connectivity index (χ2n) is 4.63. The van der Waals surface area contributed by atoms with Gasteiger partial charge in [-0.05, 0) is 42.3 Å². The Labute approximate surface area is 131 Å². The lowest BCUT2D eigenvalue weighted by atomic mass is 10.1. The van der Waals surface area contributed by atoms with E-state index in [1.807, 2.05) is 13.0 Å². The number of aliphatic imine (C=N–C) groups is 1. The molecule has 3 N–H and O–H groups in total. The number of nitrogens with one attached hydrogen (secondary N) is 1. The average molecular weight is 317 g/mol. The number of allylic oxidation sites excluding steroid dienone is 5. The Balaban J connectivity index is 2.94. The Bertz CT molecular complexity index is 755. The minimum absolute atomic E-state index is 0.281. The van der Waals surface area contributed by atoms with E-state index in [-0.39, 0.29) is 5.96 Å². The quantitative estimate of drug-likeness (QED) is 0.496. The summed E-state index contributed by atoms with van der Waals surface area (Å²) in [5, 5.41) is 7.10. The molecule has 5 nitrogen and oxygen atoms in total. The number of guanidine groups is 1. The van der Waals surface area contributed by atoms with E-state index >= 15 is 0 Å². The van der Waals surface area contributed by atoms with Gasteiger partial charge in [-0.15, -0.1) is 0 Å². The average Bonchev–Trinajstić information content (AvgIpc) is 2.44. The highest BCUT2D eigenvalue weighted by Crippen LogP contribution is 2.17. The molecule has 1 aromatic rings. The molecule has 0 saturated carbocycles. The van der Waals surface area contributed by atoms with Gasteiger partial charge < -0.3 is 5.73 Å². The highest BCUT2D eigenvalue weighted by atomic mass is 32.2. The molecule has 0 atom stereocenters. The van der Waals surface area contributed by atoms with Gasteiger partial charge in [-0.25, -0.2) is 13.4 Å². The summed E-state index contributed by atoms with van der Waals surface area (Å²) in [5.74, 6) is -0.281. The van der Waals surface area contributed by atoms with Crippen LogP contribution in [0.2, 0.25) is 0 Å². The van der Waals surface area contributed by atoms with Crippen LogP contribution in [0.25, 0.3) is 5.57 Å². The van der Waals surface area contributed by atoms with Crippen molar-refractivity contribution in [2.45, 2.75) is 11.8 Å². The molecule has 0 aliphatic carbocycles. The summed E-state index contributed by atoms with van der Waals surface area (Å²) in [6, 6.07) is 6.68. The van der Waals surface area contributed by atoms with Gasteiger partial charge >= 0.3 is 0 Å². The van der Waals surface area contributed by atoms with E-state index in [9.17, 15) is 8.42 Å². The third-order valence-electron chi connectivity index (χ3n) is 2.81.